The number of para-hydroxylation sites is 1. The van der Waals surface area contributed by atoms with Crippen molar-refractivity contribution in [2.45, 2.75) is 39.0 Å². The zero-order chi connectivity index (χ0) is 29.4. The summed E-state index contributed by atoms with van der Waals surface area (Å²) in [4.78, 5) is 58.4. The molecule has 3 fully saturated rings. The van der Waals surface area contributed by atoms with Crippen LogP contribution in [0.1, 0.15) is 44.6 Å². The number of imide groups is 2. The van der Waals surface area contributed by atoms with Crippen molar-refractivity contribution in [1.82, 2.24) is 4.90 Å². The van der Waals surface area contributed by atoms with Crippen molar-refractivity contribution in [2.75, 3.05) is 18.6 Å². The van der Waals surface area contributed by atoms with Crippen LogP contribution < -0.4 is 9.64 Å². The average Bonchev–Trinajstić information content (AvgIpc) is 3.33. The van der Waals surface area contributed by atoms with Crippen LogP contribution in [0.5, 0.6) is 11.5 Å². The number of halogens is 2. The normalized spacial score (nSPS) is 30.8. The minimum Gasteiger partial charge on any atom is -0.503 e. The van der Waals surface area contributed by atoms with E-state index in [4.69, 9.17) is 4.74 Å². The molecule has 2 aliphatic carbocycles. The molecule has 0 bridgehead atoms. The first-order valence-corrected chi connectivity index (χ1v) is 15.4. The number of amides is 4. The first kappa shape index (κ1) is 28.2. The Bertz CT molecular complexity index is 1520. The molecule has 2 heterocycles. The highest BCUT2D eigenvalue weighted by molar-refractivity contribution is 9.13. The van der Waals surface area contributed by atoms with Gasteiger partial charge in [0.1, 0.15) is 0 Å². The zero-order valence-electron chi connectivity index (χ0n) is 22.9. The molecule has 2 saturated heterocycles. The van der Waals surface area contributed by atoms with E-state index < -0.39 is 35.0 Å². The maximum Gasteiger partial charge on any atom is 0.241 e. The highest BCUT2D eigenvalue weighted by Gasteiger charge is 2.67. The van der Waals surface area contributed by atoms with E-state index in [1.807, 2.05) is 26.0 Å². The summed E-state index contributed by atoms with van der Waals surface area (Å²) in [5, 5.41) is 10.7. The smallest absolute Gasteiger partial charge is 0.241 e. The summed E-state index contributed by atoms with van der Waals surface area (Å²) in [6.45, 7) is 4.13. The lowest BCUT2D eigenvalue weighted by Crippen LogP contribution is -2.49. The summed E-state index contributed by atoms with van der Waals surface area (Å²) in [7, 11) is 1.45. The number of rotatable bonds is 5. The van der Waals surface area contributed by atoms with Crippen molar-refractivity contribution >= 4 is 61.2 Å². The second kappa shape index (κ2) is 10.1. The lowest BCUT2D eigenvalue weighted by molar-refractivity contribution is -0.140. The molecule has 0 spiro atoms. The van der Waals surface area contributed by atoms with Crippen molar-refractivity contribution in [2.24, 2.45) is 29.1 Å². The number of likely N-dealkylation sites (tertiary alicyclic amines) is 1. The van der Waals surface area contributed by atoms with E-state index in [2.05, 4.69) is 31.9 Å². The maximum atomic E-state index is 14.5. The number of benzene rings is 2. The number of phenols is 1. The van der Waals surface area contributed by atoms with Crippen molar-refractivity contribution < 1.29 is 29.0 Å². The van der Waals surface area contributed by atoms with Crippen LogP contribution in [0.2, 0.25) is 0 Å². The molecular weight excluding hydrogens is 656 g/mol. The monoisotopic (exact) mass is 684 g/mol. The van der Waals surface area contributed by atoms with Crippen LogP contribution in [-0.2, 0) is 19.2 Å². The van der Waals surface area contributed by atoms with Crippen LogP contribution in [0.4, 0.5) is 5.69 Å². The van der Waals surface area contributed by atoms with E-state index in [-0.39, 0.29) is 35.1 Å². The minimum absolute atomic E-state index is 0.0959. The van der Waals surface area contributed by atoms with Gasteiger partial charge in [0.25, 0.3) is 0 Å². The second-order valence-corrected chi connectivity index (χ2v) is 13.1. The van der Waals surface area contributed by atoms with Gasteiger partial charge in [0.15, 0.2) is 11.5 Å². The highest BCUT2D eigenvalue weighted by Crippen LogP contribution is 2.65. The van der Waals surface area contributed by atoms with Crippen molar-refractivity contribution in [3.8, 4) is 11.5 Å². The maximum absolute atomic E-state index is 14.5. The first-order chi connectivity index (χ1) is 19.6. The van der Waals surface area contributed by atoms with Gasteiger partial charge < -0.3 is 9.84 Å². The van der Waals surface area contributed by atoms with Gasteiger partial charge in [-0.1, -0.05) is 36.8 Å². The quantitative estimate of drug-likeness (QED) is 0.326. The fraction of sp³-hybridized carbons (Fsp3) is 0.419. The first-order valence-electron chi connectivity index (χ1n) is 13.8. The van der Waals surface area contributed by atoms with Crippen LogP contribution in [-0.4, -0.2) is 47.3 Å². The van der Waals surface area contributed by atoms with Crippen molar-refractivity contribution in [3.63, 3.8) is 0 Å². The van der Waals surface area contributed by atoms with Crippen LogP contribution in [0.15, 0.2) is 57.0 Å². The topological polar surface area (TPSA) is 104 Å². The Kier molecular flexibility index (Phi) is 6.92. The van der Waals surface area contributed by atoms with Crippen molar-refractivity contribution in [3.05, 3.63) is 62.6 Å². The van der Waals surface area contributed by atoms with Gasteiger partial charge in [-0.15, -0.1) is 0 Å². The molecule has 8 nitrogen and oxygen atoms in total. The molecule has 214 valence electrons. The van der Waals surface area contributed by atoms with E-state index in [9.17, 15) is 24.3 Å². The zero-order valence-corrected chi connectivity index (χ0v) is 26.1. The molecule has 0 aromatic heterocycles. The van der Waals surface area contributed by atoms with Gasteiger partial charge in [-0.25, -0.2) is 4.90 Å². The molecule has 2 aliphatic heterocycles. The van der Waals surface area contributed by atoms with E-state index in [1.165, 1.54) is 16.9 Å². The Balaban J connectivity index is 1.57. The van der Waals surface area contributed by atoms with E-state index in [0.717, 1.165) is 5.57 Å². The molecule has 41 heavy (non-hydrogen) atoms. The van der Waals surface area contributed by atoms with Gasteiger partial charge in [-0.05, 0) is 87.7 Å². The molecular formula is C31H30Br2N2O6. The molecule has 2 aromatic carbocycles. The summed E-state index contributed by atoms with van der Waals surface area (Å²) < 4.78 is 6.38. The number of aromatic hydroxyl groups is 1. The third kappa shape index (κ3) is 3.82. The lowest BCUT2D eigenvalue weighted by Gasteiger charge is -2.49. The number of methoxy groups -OCH3 is 1. The Morgan fingerprint density at radius 1 is 1.02 bits per heavy atom. The second-order valence-electron chi connectivity index (χ2n) is 11.5. The third-order valence-electron chi connectivity index (χ3n) is 9.53. The molecule has 10 heteroatoms. The molecule has 4 amide bonds. The number of hydrogen-bond acceptors (Lipinski definition) is 6. The van der Waals surface area contributed by atoms with Crippen LogP contribution in [0, 0.1) is 29.1 Å². The molecule has 1 N–H and O–H groups in total. The summed E-state index contributed by atoms with van der Waals surface area (Å²) in [5.74, 6) is -3.67. The van der Waals surface area contributed by atoms with Crippen LogP contribution in [0.3, 0.4) is 0 Å². The molecule has 1 saturated carbocycles. The predicted octanol–water partition coefficient (Wildman–Crippen LogP) is 5.57. The average molecular weight is 686 g/mol. The van der Waals surface area contributed by atoms with Crippen LogP contribution >= 0.6 is 31.9 Å². The van der Waals surface area contributed by atoms with Gasteiger partial charge in [0, 0.05) is 16.9 Å². The standard InChI is InChI=1S/C31H30Br2N2O6/c1-4-12-34-27(37)17-11-10-16-18(22(17)29(34)39)13-20-28(38)35(15-8-6-5-7-9-15)30(40)31(20,2)23(16)19-14-21(41-3)26(36)25(33)24(19)32/h5-10,14,17-18,20,22-23,36H,4,11-13H2,1-3H3. The number of ether oxygens (including phenoxy) is 1. The summed E-state index contributed by atoms with van der Waals surface area (Å²) in [5.41, 5.74) is 0.838. The molecule has 6 unspecified atom stereocenters. The minimum atomic E-state index is -1.19. The number of allylic oxidation sites excluding steroid dienone is 2. The fourth-order valence-corrected chi connectivity index (χ4v) is 8.62. The van der Waals surface area contributed by atoms with Crippen molar-refractivity contribution in [1.29, 1.82) is 0 Å². The summed E-state index contributed by atoms with van der Waals surface area (Å²) >= 11 is 7.11. The Labute approximate surface area is 255 Å². The fourth-order valence-electron chi connectivity index (χ4n) is 7.67. The molecule has 0 radical (unpaired) electrons. The van der Waals surface area contributed by atoms with Gasteiger partial charge in [-0.3, -0.25) is 24.1 Å². The largest absolute Gasteiger partial charge is 0.503 e. The number of nitrogens with zero attached hydrogens (tertiary/aromatic N) is 2. The number of anilines is 1. The van der Waals surface area contributed by atoms with Gasteiger partial charge in [0.05, 0.1) is 40.4 Å². The molecule has 2 aromatic rings. The number of carbonyl (C=O) groups is 4. The van der Waals surface area contributed by atoms with E-state index in [1.54, 1.807) is 30.3 Å². The highest BCUT2D eigenvalue weighted by atomic mass is 79.9. The predicted molar refractivity (Wildman–Crippen MR) is 158 cm³/mol. The van der Waals surface area contributed by atoms with Gasteiger partial charge in [-0.2, -0.15) is 0 Å². The Morgan fingerprint density at radius 3 is 2.39 bits per heavy atom. The van der Waals surface area contributed by atoms with Gasteiger partial charge in [0.2, 0.25) is 23.6 Å². The summed E-state index contributed by atoms with van der Waals surface area (Å²) in [6.07, 6.45) is 3.36. The van der Waals surface area contributed by atoms with Gasteiger partial charge >= 0.3 is 0 Å². The number of hydrogen-bond donors (Lipinski definition) is 1. The third-order valence-corrected chi connectivity index (χ3v) is 11.7. The number of phenolic OH excluding ortho intramolecular Hbond substituents is 1. The molecule has 6 rings (SSSR count). The van der Waals surface area contributed by atoms with Crippen LogP contribution in [0.25, 0.3) is 0 Å². The number of carbonyl (C=O) groups excluding carboxylic acids is 4. The summed E-state index contributed by atoms with van der Waals surface area (Å²) in [6, 6.07) is 10.6. The molecule has 4 aliphatic rings. The van der Waals surface area contributed by atoms with E-state index in [0.29, 0.717) is 46.0 Å². The van der Waals surface area contributed by atoms with E-state index >= 15 is 0 Å². The SMILES string of the molecule is CCCN1C(=O)C2CC=C3C(CC4C(=O)N(c5ccccc5)C(=O)C4(C)C3c3cc(OC)c(O)c(Br)c3Br)C2C1=O. The Morgan fingerprint density at radius 2 is 1.73 bits per heavy atom. The molecule has 6 atom stereocenters. The Hall–Kier alpha value is -2.98. The number of fused-ring (bicyclic) bond motifs is 4. The lowest BCUT2D eigenvalue weighted by atomic mass is 9.51.